The smallest absolute Gasteiger partial charge is 0.0471 e. The van der Waals surface area contributed by atoms with Crippen LogP contribution in [0.3, 0.4) is 0 Å². The fourth-order valence-corrected chi connectivity index (χ4v) is 2.80. The molecule has 0 saturated carbocycles. The SMILES string of the molecule is CSCCCC1(CNC(C)(C)C)CCOCC1. The van der Waals surface area contributed by atoms with Crippen LogP contribution in [-0.4, -0.2) is 37.3 Å². The third kappa shape index (κ3) is 6.12. The van der Waals surface area contributed by atoms with Crippen molar-refractivity contribution in [2.75, 3.05) is 31.8 Å². The lowest BCUT2D eigenvalue weighted by Gasteiger charge is -2.39. The van der Waals surface area contributed by atoms with E-state index >= 15 is 0 Å². The fourth-order valence-electron chi connectivity index (χ4n) is 2.36. The largest absolute Gasteiger partial charge is 0.381 e. The highest BCUT2D eigenvalue weighted by Gasteiger charge is 2.32. The van der Waals surface area contributed by atoms with Gasteiger partial charge in [-0.1, -0.05) is 0 Å². The number of rotatable bonds is 6. The van der Waals surface area contributed by atoms with Gasteiger partial charge in [0.15, 0.2) is 0 Å². The van der Waals surface area contributed by atoms with E-state index in [1.54, 1.807) is 0 Å². The van der Waals surface area contributed by atoms with Crippen LogP contribution in [0.25, 0.3) is 0 Å². The first-order valence-corrected chi connectivity index (χ1v) is 8.19. The molecule has 102 valence electrons. The molecule has 1 aliphatic heterocycles. The molecule has 1 aliphatic rings. The van der Waals surface area contributed by atoms with Gasteiger partial charge in [0, 0.05) is 25.3 Å². The van der Waals surface area contributed by atoms with Crippen molar-refractivity contribution in [1.29, 1.82) is 0 Å². The van der Waals surface area contributed by atoms with Crippen LogP contribution in [-0.2, 0) is 4.74 Å². The third-order valence-electron chi connectivity index (χ3n) is 3.60. The Balaban J connectivity index is 2.46. The molecule has 0 amide bonds. The van der Waals surface area contributed by atoms with Gasteiger partial charge in [-0.05, 0) is 63.9 Å². The van der Waals surface area contributed by atoms with Gasteiger partial charge in [-0.2, -0.15) is 11.8 Å². The van der Waals surface area contributed by atoms with Crippen LogP contribution in [0.15, 0.2) is 0 Å². The summed E-state index contributed by atoms with van der Waals surface area (Å²) in [5, 5.41) is 3.70. The maximum atomic E-state index is 5.53. The van der Waals surface area contributed by atoms with Crippen molar-refractivity contribution in [1.82, 2.24) is 5.32 Å². The monoisotopic (exact) mass is 259 g/mol. The van der Waals surface area contributed by atoms with Crippen molar-refractivity contribution in [3.63, 3.8) is 0 Å². The van der Waals surface area contributed by atoms with E-state index in [1.807, 2.05) is 11.8 Å². The molecule has 1 fully saturated rings. The van der Waals surface area contributed by atoms with Gasteiger partial charge < -0.3 is 10.1 Å². The summed E-state index contributed by atoms with van der Waals surface area (Å²) in [5.41, 5.74) is 0.714. The highest BCUT2D eigenvalue weighted by atomic mass is 32.2. The Labute approximate surface area is 111 Å². The summed E-state index contributed by atoms with van der Waals surface area (Å²) >= 11 is 1.96. The quantitative estimate of drug-likeness (QED) is 0.739. The first kappa shape index (κ1) is 15.3. The normalized spacial score (nSPS) is 20.5. The van der Waals surface area contributed by atoms with Crippen molar-refractivity contribution in [2.45, 2.75) is 52.0 Å². The second-order valence-corrected chi connectivity index (χ2v) is 7.30. The highest BCUT2D eigenvalue weighted by Crippen LogP contribution is 2.35. The topological polar surface area (TPSA) is 21.3 Å². The maximum Gasteiger partial charge on any atom is 0.0471 e. The number of thioether (sulfide) groups is 1. The van der Waals surface area contributed by atoms with Gasteiger partial charge in [0.1, 0.15) is 0 Å². The van der Waals surface area contributed by atoms with Crippen molar-refractivity contribution >= 4 is 11.8 Å². The molecular formula is C14H29NOS. The molecule has 0 aromatic carbocycles. The van der Waals surface area contributed by atoms with Gasteiger partial charge in [0.2, 0.25) is 0 Å². The first-order valence-electron chi connectivity index (χ1n) is 6.79. The lowest BCUT2D eigenvalue weighted by Crippen LogP contribution is -2.46. The molecule has 0 spiro atoms. The van der Waals surface area contributed by atoms with Crippen LogP contribution in [0.2, 0.25) is 0 Å². The second kappa shape index (κ2) is 7.01. The van der Waals surface area contributed by atoms with Gasteiger partial charge in [-0.15, -0.1) is 0 Å². The summed E-state index contributed by atoms with van der Waals surface area (Å²) < 4.78 is 5.53. The Morgan fingerprint density at radius 2 is 1.88 bits per heavy atom. The zero-order valence-electron chi connectivity index (χ0n) is 12.0. The molecule has 0 aliphatic carbocycles. The number of ether oxygens (including phenoxy) is 1. The summed E-state index contributed by atoms with van der Waals surface area (Å²) in [7, 11) is 0. The Hall–Kier alpha value is 0.270. The molecule has 0 bridgehead atoms. The summed E-state index contributed by atoms with van der Waals surface area (Å²) in [6, 6.07) is 0. The first-order chi connectivity index (χ1) is 7.97. The summed E-state index contributed by atoms with van der Waals surface area (Å²) in [6.07, 6.45) is 7.34. The van der Waals surface area contributed by atoms with Crippen LogP contribution in [0, 0.1) is 5.41 Å². The molecule has 17 heavy (non-hydrogen) atoms. The lowest BCUT2D eigenvalue weighted by molar-refractivity contribution is 0.00739. The molecule has 0 aromatic rings. The number of hydrogen-bond donors (Lipinski definition) is 1. The third-order valence-corrected chi connectivity index (χ3v) is 4.30. The standard InChI is InChI=1S/C14H29NOS/c1-13(2,3)15-12-14(6-5-11-17-4)7-9-16-10-8-14/h15H,5-12H2,1-4H3. The van der Waals surface area contributed by atoms with Crippen LogP contribution in [0.5, 0.6) is 0 Å². The van der Waals surface area contributed by atoms with Gasteiger partial charge in [-0.3, -0.25) is 0 Å². The van der Waals surface area contributed by atoms with Gasteiger partial charge >= 0.3 is 0 Å². The molecule has 0 radical (unpaired) electrons. The average Bonchev–Trinajstić information content (AvgIpc) is 2.28. The zero-order valence-corrected chi connectivity index (χ0v) is 12.8. The number of hydrogen-bond acceptors (Lipinski definition) is 3. The van der Waals surface area contributed by atoms with E-state index in [4.69, 9.17) is 4.74 Å². The minimum absolute atomic E-state index is 0.227. The minimum atomic E-state index is 0.227. The van der Waals surface area contributed by atoms with E-state index in [2.05, 4.69) is 32.3 Å². The Kier molecular flexibility index (Phi) is 6.32. The predicted octanol–water partition coefficient (Wildman–Crippen LogP) is 3.31. The van der Waals surface area contributed by atoms with Crippen molar-refractivity contribution in [3.8, 4) is 0 Å². The molecule has 1 saturated heterocycles. The van der Waals surface area contributed by atoms with E-state index in [0.717, 1.165) is 19.8 Å². The van der Waals surface area contributed by atoms with Gasteiger partial charge in [0.05, 0.1) is 0 Å². The van der Waals surface area contributed by atoms with E-state index in [9.17, 15) is 0 Å². The van der Waals surface area contributed by atoms with Gasteiger partial charge in [0.25, 0.3) is 0 Å². The molecule has 3 heteroatoms. The van der Waals surface area contributed by atoms with Crippen LogP contribution in [0.4, 0.5) is 0 Å². The van der Waals surface area contributed by atoms with E-state index in [1.165, 1.54) is 31.4 Å². The van der Waals surface area contributed by atoms with Crippen LogP contribution in [0.1, 0.15) is 46.5 Å². The number of nitrogens with one attached hydrogen (secondary N) is 1. The highest BCUT2D eigenvalue weighted by molar-refractivity contribution is 7.98. The van der Waals surface area contributed by atoms with Crippen molar-refractivity contribution in [3.05, 3.63) is 0 Å². The molecule has 0 aromatic heterocycles. The summed E-state index contributed by atoms with van der Waals surface area (Å²) in [6.45, 7) is 9.80. The van der Waals surface area contributed by atoms with E-state index in [0.29, 0.717) is 5.41 Å². The van der Waals surface area contributed by atoms with Crippen molar-refractivity contribution < 1.29 is 4.74 Å². The van der Waals surface area contributed by atoms with Gasteiger partial charge in [-0.25, -0.2) is 0 Å². The molecule has 0 atom stereocenters. The summed E-state index contributed by atoms with van der Waals surface area (Å²) in [4.78, 5) is 0. The zero-order chi connectivity index (χ0) is 12.8. The average molecular weight is 259 g/mol. The second-order valence-electron chi connectivity index (χ2n) is 6.31. The summed E-state index contributed by atoms with van der Waals surface area (Å²) in [5.74, 6) is 1.29. The van der Waals surface area contributed by atoms with Crippen LogP contribution >= 0.6 is 11.8 Å². The van der Waals surface area contributed by atoms with E-state index in [-0.39, 0.29) is 5.54 Å². The molecule has 1 heterocycles. The maximum absolute atomic E-state index is 5.53. The molecule has 2 nitrogen and oxygen atoms in total. The molecule has 1 rings (SSSR count). The predicted molar refractivity (Wildman–Crippen MR) is 77.9 cm³/mol. The Bertz CT molecular complexity index is 207. The van der Waals surface area contributed by atoms with Crippen LogP contribution < -0.4 is 5.32 Å². The molecule has 1 N–H and O–H groups in total. The Morgan fingerprint density at radius 3 is 2.41 bits per heavy atom. The van der Waals surface area contributed by atoms with Crippen molar-refractivity contribution in [2.24, 2.45) is 5.41 Å². The lowest BCUT2D eigenvalue weighted by atomic mass is 9.76. The molecular weight excluding hydrogens is 230 g/mol. The minimum Gasteiger partial charge on any atom is -0.381 e. The Morgan fingerprint density at radius 1 is 1.24 bits per heavy atom. The van der Waals surface area contributed by atoms with E-state index < -0.39 is 0 Å². The molecule has 0 unspecified atom stereocenters. The fraction of sp³-hybridized carbons (Fsp3) is 1.00.